The van der Waals surface area contributed by atoms with Gasteiger partial charge in [-0.25, -0.2) is 0 Å². The van der Waals surface area contributed by atoms with Crippen LogP contribution in [0.5, 0.6) is 17.2 Å². The number of nitrogens with zero attached hydrogens (tertiary/aromatic N) is 3. The molecule has 0 fully saturated rings. The number of hydrogen-bond acceptors (Lipinski definition) is 7. The first kappa shape index (κ1) is 21.2. The van der Waals surface area contributed by atoms with E-state index in [4.69, 9.17) is 18.7 Å². The average molecular weight is 411 g/mol. The second-order valence-corrected chi connectivity index (χ2v) is 6.36. The van der Waals surface area contributed by atoms with E-state index in [0.29, 0.717) is 52.9 Å². The number of aromatic nitrogens is 2. The predicted octanol–water partition coefficient (Wildman–Crippen LogP) is 3.91. The Hall–Kier alpha value is -3.55. The SMILES string of the molecule is CCN(CC)C(=O)c1ccccc1-c1nc(-c2cc(OC)c(OC)c(OC)c2)no1. The summed E-state index contributed by atoms with van der Waals surface area (Å²) < 4.78 is 21.6. The summed E-state index contributed by atoms with van der Waals surface area (Å²) in [5.74, 6) is 1.96. The topological polar surface area (TPSA) is 86.9 Å². The molecule has 1 amide bonds. The van der Waals surface area contributed by atoms with Crippen molar-refractivity contribution in [2.75, 3.05) is 34.4 Å². The van der Waals surface area contributed by atoms with Crippen LogP contribution < -0.4 is 14.2 Å². The molecule has 1 heterocycles. The number of carbonyl (C=O) groups is 1. The molecular weight excluding hydrogens is 386 g/mol. The normalized spacial score (nSPS) is 10.6. The van der Waals surface area contributed by atoms with Crippen molar-refractivity contribution in [1.29, 1.82) is 0 Å². The molecule has 158 valence electrons. The summed E-state index contributed by atoms with van der Waals surface area (Å²) >= 11 is 0. The number of hydrogen-bond donors (Lipinski definition) is 0. The molecule has 0 aliphatic rings. The molecule has 0 bridgehead atoms. The van der Waals surface area contributed by atoms with Gasteiger partial charge >= 0.3 is 0 Å². The highest BCUT2D eigenvalue weighted by atomic mass is 16.5. The summed E-state index contributed by atoms with van der Waals surface area (Å²) in [6.07, 6.45) is 0. The van der Waals surface area contributed by atoms with Crippen molar-refractivity contribution in [2.24, 2.45) is 0 Å². The fourth-order valence-corrected chi connectivity index (χ4v) is 3.20. The highest BCUT2D eigenvalue weighted by Gasteiger charge is 2.22. The molecule has 0 aliphatic carbocycles. The maximum absolute atomic E-state index is 12.9. The van der Waals surface area contributed by atoms with Crippen molar-refractivity contribution in [3.63, 3.8) is 0 Å². The zero-order chi connectivity index (χ0) is 21.7. The van der Waals surface area contributed by atoms with Crippen LogP contribution in [-0.2, 0) is 0 Å². The molecule has 0 radical (unpaired) electrons. The largest absolute Gasteiger partial charge is 0.493 e. The molecule has 0 saturated heterocycles. The number of rotatable bonds is 8. The van der Waals surface area contributed by atoms with Crippen molar-refractivity contribution < 1.29 is 23.5 Å². The molecule has 0 aliphatic heterocycles. The Labute approximate surface area is 175 Å². The molecule has 3 aromatic rings. The van der Waals surface area contributed by atoms with E-state index in [1.807, 2.05) is 26.0 Å². The number of benzene rings is 2. The molecule has 8 heteroatoms. The van der Waals surface area contributed by atoms with E-state index in [-0.39, 0.29) is 11.8 Å². The Morgan fingerprint density at radius 1 is 1.00 bits per heavy atom. The molecule has 0 atom stereocenters. The Balaban J connectivity index is 2.04. The van der Waals surface area contributed by atoms with E-state index in [1.54, 1.807) is 29.2 Å². The monoisotopic (exact) mass is 411 g/mol. The van der Waals surface area contributed by atoms with Gasteiger partial charge in [0.05, 0.1) is 32.5 Å². The van der Waals surface area contributed by atoms with Crippen molar-refractivity contribution in [3.8, 4) is 40.1 Å². The molecular formula is C22H25N3O5. The standard InChI is InChI=1S/C22H25N3O5/c1-6-25(7-2)22(26)16-11-9-8-10-15(16)21-23-20(24-30-21)14-12-17(27-3)19(29-5)18(13-14)28-4/h8-13H,6-7H2,1-5H3. The zero-order valence-corrected chi connectivity index (χ0v) is 17.8. The second-order valence-electron chi connectivity index (χ2n) is 6.36. The maximum Gasteiger partial charge on any atom is 0.259 e. The van der Waals surface area contributed by atoms with Gasteiger partial charge in [-0.3, -0.25) is 4.79 Å². The van der Waals surface area contributed by atoms with Crippen LogP contribution in [0.2, 0.25) is 0 Å². The van der Waals surface area contributed by atoms with E-state index in [9.17, 15) is 4.79 Å². The van der Waals surface area contributed by atoms with Crippen molar-refractivity contribution in [3.05, 3.63) is 42.0 Å². The van der Waals surface area contributed by atoms with E-state index in [0.717, 1.165) is 0 Å². The minimum absolute atomic E-state index is 0.0804. The van der Waals surface area contributed by atoms with Gasteiger partial charge in [0.15, 0.2) is 11.5 Å². The fourth-order valence-electron chi connectivity index (χ4n) is 3.20. The minimum Gasteiger partial charge on any atom is -0.493 e. The van der Waals surface area contributed by atoms with Crippen LogP contribution in [0.1, 0.15) is 24.2 Å². The van der Waals surface area contributed by atoms with Gasteiger partial charge in [0.1, 0.15) is 0 Å². The lowest BCUT2D eigenvalue weighted by atomic mass is 10.1. The molecule has 1 aromatic heterocycles. The third kappa shape index (κ3) is 3.94. The third-order valence-corrected chi connectivity index (χ3v) is 4.79. The summed E-state index contributed by atoms with van der Waals surface area (Å²) in [6.45, 7) is 5.12. The lowest BCUT2D eigenvalue weighted by Crippen LogP contribution is -2.30. The summed E-state index contributed by atoms with van der Waals surface area (Å²) in [5, 5.41) is 4.09. The van der Waals surface area contributed by atoms with E-state index in [2.05, 4.69) is 10.1 Å². The number of methoxy groups -OCH3 is 3. The van der Waals surface area contributed by atoms with Gasteiger partial charge in [0, 0.05) is 18.7 Å². The highest BCUT2D eigenvalue weighted by molar-refractivity contribution is 6.00. The summed E-state index contributed by atoms with van der Waals surface area (Å²) in [7, 11) is 4.62. The minimum atomic E-state index is -0.0804. The van der Waals surface area contributed by atoms with Gasteiger partial charge in [-0.05, 0) is 38.1 Å². The van der Waals surface area contributed by atoms with Crippen LogP contribution in [0, 0.1) is 0 Å². The lowest BCUT2D eigenvalue weighted by molar-refractivity contribution is 0.0773. The van der Waals surface area contributed by atoms with Gasteiger partial charge < -0.3 is 23.6 Å². The summed E-state index contributed by atoms with van der Waals surface area (Å²) in [6, 6.07) is 10.7. The van der Waals surface area contributed by atoms with E-state index >= 15 is 0 Å². The van der Waals surface area contributed by atoms with E-state index in [1.165, 1.54) is 21.3 Å². The quantitative estimate of drug-likeness (QED) is 0.555. The first-order valence-corrected chi connectivity index (χ1v) is 9.60. The predicted molar refractivity (Wildman–Crippen MR) is 112 cm³/mol. The zero-order valence-electron chi connectivity index (χ0n) is 17.8. The molecule has 3 rings (SSSR count). The van der Waals surface area contributed by atoms with Crippen LogP contribution in [0.15, 0.2) is 40.9 Å². The smallest absolute Gasteiger partial charge is 0.259 e. The summed E-state index contributed by atoms with van der Waals surface area (Å²) in [5.41, 5.74) is 1.73. The molecule has 0 saturated carbocycles. The Morgan fingerprint density at radius 2 is 1.63 bits per heavy atom. The molecule has 0 spiro atoms. The number of carbonyl (C=O) groups excluding carboxylic acids is 1. The van der Waals surface area contributed by atoms with Crippen LogP contribution in [0.3, 0.4) is 0 Å². The molecule has 2 aromatic carbocycles. The lowest BCUT2D eigenvalue weighted by Gasteiger charge is -2.19. The van der Waals surface area contributed by atoms with Crippen LogP contribution >= 0.6 is 0 Å². The van der Waals surface area contributed by atoms with Crippen LogP contribution in [-0.4, -0.2) is 55.4 Å². The van der Waals surface area contributed by atoms with Gasteiger partial charge in [-0.2, -0.15) is 4.98 Å². The second kappa shape index (κ2) is 9.30. The fraction of sp³-hybridized carbons (Fsp3) is 0.318. The van der Waals surface area contributed by atoms with E-state index < -0.39 is 0 Å². The maximum atomic E-state index is 12.9. The molecule has 0 unspecified atom stereocenters. The molecule has 8 nitrogen and oxygen atoms in total. The van der Waals surface area contributed by atoms with Crippen LogP contribution in [0.4, 0.5) is 0 Å². The van der Waals surface area contributed by atoms with Gasteiger partial charge in [-0.1, -0.05) is 17.3 Å². The molecule has 30 heavy (non-hydrogen) atoms. The number of ether oxygens (including phenoxy) is 3. The van der Waals surface area contributed by atoms with Gasteiger partial charge in [0.25, 0.3) is 11.8 Å². The van der Waals surface area contributed by atoms with Crippen LogP contribution in [0.25, 0.3) is 22.8 Å². The van der Waals surface area contributed by atoms with Gasteiger partial charge in [0.2, 0.25) is 11.6 Å². The van der Waals surface area contributed by atoms with Crippen molar-refractivity contribution >= 4 is 5.91 Å². The Bertz CT molecular complexity index is 1000. The van der Waals surface area contributed by atoms with Crippen molar-refractivity contribution in [1.82, 2.24) is 15.0 Å². The number of amides is 1. The Morgan fingerprint density at radius 3 is 2.20 bits per heavy atom. The summed E-state index contributed by atoms with van der Waals surface area (Å²) in [4.78, 5) is 19.2. The highest BCUT2D eigenvalue weighted by Crippen LogP contribution is 2.41. The van der Waals surface area contributed by atoms with Gasteiger partial charge in [-0.15, -0.1) is 0 Å². The average Bonchev–Trinajstić information content (AvgIpc) is 3.28. The molecule has 0 N–H and O–H groups in total. The first-order valence-electron chi connectivity index (χ1n) is 9.60. The Kier molecular flexibility index (Phi) is 6.56. The van der Waals surface area contributed by atoms with Crippen molar-refractivity contribution in [2.45, 2.75) is 13.8 Å². The first-order chi connectivity index (χ1) is 14.6. The third-order valence-electron chi connectivity index (χ3n) is 4.79.